The molecule has 0 fully saturated rings. The maximum atomic E-state index is 11.8. The first-order valence-corrected chi connectivity index (χ1v) is 7.84. The summed E-state index contributed by atoms with van der Waals surface area (Å²) in [6.45, 7) is 3.13. The summed E-state index contributed by atoms with van der Waals surface area (Å²) in [6.07, 6.45) is 1.12. The lowest BCUT2D eigenvalue weighted by atomic mass is 10.1. The number of anilines is 1. The molecule has 1 aliphatic rings. The predicted molar refractivity (Wildman–Crippen MR) is 83.6 cm³/mol. The molecule has 21 heavy (non-hydrogen) atoms. The van der Waals surface area contributed by atoms with Crippen molar-refractivity contribution in [2.45, 2.75) is 29.9 Å². The van der Waals surface area contributed by atoms with Crippen LogP contribution in [0.3, 0.4) is 0 Å². The standard InChI is InChI=1S/C15H20N2O3S/c1-10-15(19)17-12-8-11(4-5-13(12)21-10)9-14(18)16-6-3-7-20-2/h4-5,8,10H,3,6-7,9H2,1-2H3,(H,16,18)(H,17,19). The molecule has 0 saturated heterocycles. The van der Waals surface area contributed by atoms with Crippen LogP contribution in [0.4, 0.5) is 5.69 Å². The third-order valence-corrected chi connectivity index (χ3v) is 4.36. The highest BCUT2D eigenvalue weighted by Crippen LogP contribution is 2.35. The summed E-state index contributed by atoms with van der Waals surface area (Å²) in [5.41, 5.74) is 1.70. The van der Waals surface area contributed by atoms with Crippen LogP contribution >= 0.6 is 11.8 Å². The van der Waals surface area contributed by atoms with Crippen molar-refractivity contribution in [1.82, 2.24) is 5.32 Å². The van der Waals surface area contributed by atoms with Gasteiger partial charge in [0.1, 0.15) is 0 Å². The van der Waals surface area contributed by atoms with E-state index in [1.54, 1.807) is 18.9 Å². The number of amides is 2. The first-order valence-electron chi connectivity index (χ1n) is 6.96. The molecule has 0 spiro atoms. The van der Waals surface area contributed by atoms with Crippen LogP contribution in [0.25, 0.3) is 0 Å². The highest BCUT2D eigenvalue weighted by Gasteiger charge is 2.23. The quantitative estimate of drug-likeness (QED) is 0.787. The second-order valence-corrected chi connectivity index (χ2v) is 6.34. The topological polar surface area (TPSA) is 67.4 Å². The van der Waals surface area contributed by atoms with Crippen LogP contribution in [0.15, 0.2) is 23.1 Å². The van der Waals surface area contributed by atoms with Crippen molar-refractivity contribution >= 4 is 29.3 Å². The number of thioether (sulfide) groups is 1. The van der Waals surface area contributed by atoms with Crippen molar-refractivity contribution in [3.63, 3.8) is 0 Å². The number of carbonyl (C=O) groups is 2. The van der Waals surface area contributed by atoms with Gasteiger partial charge in [-0.2, -0.15) is 0 Å². The Balaban J connectivity index is 1.91. The van der Waals surface area contributed by atoms with Gasteiger partial charge >= 0.3 is 0 Å². The number of ether oxygens (including phenoxy) is 1. The average molecular weight is 308 g/mol. The molecule has 1 heterocycles. The second kappa shape index (κ2) is 7.47. The van der Waals surface area contributed by atoms with Crippen LogP contribution in [-0.4, -0.2) is 37.3 Å². The third-order valence-electron chi connectivity index (χ3n) is 3.19. The fourth-order valence-corrected chi connectivity index (χ4v) is 2.99. The Morgan fingerprint density at radius 2 is 2.29 bits per heavy atom. The van der Waals surface area contributed by atoms with Crippen LogP contribution in [0.1, 0.15) is 18.9 Å². The van der Waals surface area contributed by atoms with Gasteiger partial charge in [0.05, 0.1) is 17.4 Å². The maximum Gasteiger partial charge on any atom is 0.237 e. The van der Waals surface area contributed by atoms with Gasteiger partial charge in [0.25, 0.3) is 0 Å². The largest absolute Gasteiger partial charge is 0.385 e. The van der Waals surface area contributed by atoms with E-state index >= 15 is 0 Å². The summed E-state index contributed by atoms with van der Waals surface area (Å²) in [4.78, 5) is 24.5. The van der Waals surface area contributed by atoms with Crippen molar-refractivity contribution in [2.24, 2.45) is 0 Å². The molecule has 5 nitrogen and oxygen atoms in total. The monoisotopic (exact) mass is 308 g/mol. The number of hydrogen-bond donors (Lipinski definition) is 2. The molecule has 2 rings (SSSR count). The lowest BCUT2D eigenvalue weighted by molar-refractivity contribution is -0.120. The number of methoxy groups -OCH3 is 1. The Hall–Kier alpha value is -1.53. The number of rotatable bonds is 6. The molecule has 2 amide bonds. The van der Waals surface area contributed by atoms with Gasteiger partial charge in [0.2, 0.25) is 11.8 Å². The van der Waals surface area contributed by atoms with Crippen LogP contribution in [0.5, 0.6) is 0 Å². The zero-order chi connectivity index (χ0) is 15.2. The highest BCUT2D eigenvalue weighted by atomic mass is 32.2. The van der Waals surface area contributed by atoms with E-state index in [1.165, 1.54) is 0 Å². The molecule has 114 valence electrons. The molecule has 0 aliphatic carbocycles. The van der Waals surface area contributed by atoms with Crippen LogP contribution < -0.4 is 10.6 Å². The molecule has 0 saturated carbocycles. The Morgan fingerprint density at radius 1 is 1.48 bits per heavy atom. The highest BCUT2D eigenvalue weighted by molar-refractivity contribution is 8.00. The molecule has 1 aliphatic heterocycles. The summed E-state index contributed by atoms with van der Waals surface area (Å²) < 4.78 is 4.93. The van der Waals surface area contributed by atoms with E-state index in [-0.39, 0.29) is 17.1 Å². The molecule has 1 aromatic carbocycles. The summed E-state index contributed by atoms with van der Waals surface area (Å²) in [5, 5.41) is 5.65. The lowest BCUT2D eigenvalue weighted by Crippen LogP contribution is -2.28. The van der Waals surface area contributed by atoms with Crippen molar-refractivity contribution in [2.75, 3.05) is 25.6 Å². The number of benzene rings is 1. The van der Waals surface area contributed by atoms with Gasteiger partial charge in [-0.3, -0.25) is 9.59 Å². The molecule has 2 N–H and O–H groups in total. The van der Waals surface area contributed by atoms with Crippen molar-refractivity contribution in [3.8, 4) is 0 Å². The van der Waals surface area contributed by atoms with Crippen molar-refractivity contribution in [3.05, 3.63) is 23.8 Å². The fraction of sp³-hybridized carbons (Fsp3) is 0.467. The van der Waals surface area contributed by atoms with Gasteiger partial charge in [-0.15, -0.1) is 11.8 Å². The van der Waals surface area contributed by atoms with E-state index in [0.717, 1.165) is 22.6 Å². The predicted octanol–water partition coefficient (Wildman–Crippen LogP) is 1.81. The zero-order valence-corrected chi connectivity index (χ0v) is 13.1. The Kier molecular flexibility index (Phi) is 5.64. The summed E-state index contributed by atoms with van der Waals surface area (Å²) >= 11 is 1.54. The minimum Gasteiger partial charge on any atom is -0.385 e. The van der Waals surface area contributed by atoms with E-state index in [1.807, 2.05) is 25.1 Å². The SMILES string of the molecule is COCCCNC(=O)Cc1ccc2c(c1)NC(=O)C(C)S2. The summed E-state index contributed by atoms with van der Waals surface area (Å²) in [6, 6.07) is 5.77. The van der Waals surface area contributed by atoms with Gasteiger partial charge in [-0.25, -0.2) is 0 Å². The number of fused-ring (bicyclic) bond motifs is 1. The molecule has 0 radical (unpaired) electrons. The van der Waals surface area contributed by atoms with Crippen LogP contribution in [0, 0.1) is 0 Å². The zero-order valence-electron chi connectivity index (χ0n) is 12.3. The minimum absolute atomic E-state index is 0.00803. The smallest absolute Gasteiger partial charge is 0.237 e. The van der Waals surface area contributed by atoms with Gasteiger partial charge in [0.15, 0.2) is 0 Å². The summed E-state index contributed by atoms with van der Waals surface area (Å²) in [7, 11) is 1.64. The molecule has 1 atom stereocenters. The van der Waals surface area contributed by atoms with E-state index in [2.05, 4.69) is 10.6 Å². The van der Waals surface area contributed by atoms with Crippen LogP contribution in [0.2, 0.25) is 0 Å². The first kappa shape index (κ1) is 15.9. The van der Waals surface area contributed by atoms with E-state index in [0.29, 0.717) is 19.6 Å². The minimum atomic E-state index is -0.0765. The lowest BCUT2D eigenvalue weighted by Gasteiger charge is -2.21. The van der Waals surface area contributed by atoms with E-state index in [9.17, 15) is 9.59 Å². The van der Waals surface area contributed by atoms with Gasteiger partial charge in [-0.1, -0.05) is 6.07 Å². The molecule has 0 bridgehead atoms. The van der Waals surface area contributed by atoms with Crippen LogP contribution in [-0.2, 0) is 20.7 Å². The summed E-state index contributed by atoms with van der Waals surface area (Å²) in [5.74, 6) is -0.0112. The Morgan fingerprint density at radius 3 is 3.05 bits per heavy atom. The normalized spacial score (nSPS) is 17.0. The van der Waals surface area contributed by atoms with E-state index in [4.69, 9.17) is 4.74 Å². The Bertz CT molecular complexity index is 534. The molecule has 0 aromatic heterocycles. The molecule has 1 aromatic rings. The number of hydrogen-bond acceptors (Lipinski definition) is 4. The molecular weight excluding hydrogens is 288 g/mol. The molecular formula is C15H20N2O3S. The Labute approximate surface area is 128 Å². The second-order valence-electron chi connectivity index (χ2n) is 4.95. The third kappa shape index (κ3) is 4.47. The maximum absolute atomic E-state index is 11.8. The number of carbonyl (C=O) groups excluding carboxylic acids is 2. The van der Waals surface area contributed by atoms with E-state index < -0.39 is 0 Å². The first-order chi connectivity index (χ1) is 10.1. The molecule has 6 heteroatoms. The van der Waals surface area contributed by atoms with Crippen molar-refractivity contribution < 1.29 is 14.3 Å². The molecule has 1 unspecified atom stereocenters. The van der Waals surface area contributed by atoms with Gasteiger partial charge in [-0.05, 0) is 31.0 Å². The van der Waals surface area contributed by atoms with Gasteiger partial charge in [0, 0.05) is 25.2 Å². The average Bonchev–Trinajstić information content (AvgIpc) is 2.45. The van der Waals surface area contributed by atoms with Gasteiger partial charge < -0.3 is 15.4 Å². The van der Waals surface area contributed by atoms with Crippen molar-refractivity contribution in [1.29, 1.82) is 0 Å². The fourth-order valence-electron chi connectivity index (χ4n) is 2.06. The number of nitrogens with one attached hydrogen (secondary N) is 2.